The maximum Gasteiger partial charge on any atom is 0.255 e. The van der Waals surface area contributed by atoms with E-state index in [0.717, 1.165) is 25.2 Å². The van der Waals surface area contributed by atoms with Crippen LogP contribution in [0, 0.1) is 0 Å². The molecule has 2 aromatic heterocycles. The minimum Gasteiger partial charge on any atom is -0.365 e. The quantitative estimate of drug-likeness (QED) is 0.620. The van der Waals surface area contributed by atoms with Gasteiger partial charge in [-0.3, -0.25) is 14.4 Å². The molecule has 1 aliphatic heterocycles. The molecule has 0 radical (unpaired) electrons. The highest BCUT2D eigenvalue weighted by molar-refractivity contribution is 5.80. The molecule has 0 saturated carbocycles. The Morgan fingerprint density at radius 2 is 1.93 bits per heavy atom. The Morgan fingerprint density at radius 3 is 2.60 bits per heavy atom. The lowest BCUT2D eigenvalue weighted by Gasteiger charge is -2.42. The molecule has 8 nitrogen and oxygen atoms in total. The van der Waals surface area contributed by atoms with Gasteiger partial charge in [0.2, 0.25) is 5.95 Å². The summed E-state index contributed by atoms with van der Waals surface area (Å²) in [5.74, 6) is 0.664. The predicted octanol–water partition coefficient (Wildman–Crippen LogP) is 2.00. The standard InChI is InChI=1S/C22H25N7O/c1-16-14-28(10-11-29(16)18-6-4-17(5-7-18)13-23-2)22-26-20(12-21(30)27(22)3)19-8-9-24-15-25-19/h4-9,12-13,15-16H,10-11,14H2,1-3H3/t16-/m0/s1. The fourth-order valence-electron chi connectivity index (χ4n) is 3.81. The van der Waals surface area contributed by atoms with Crippen molar-refractivity contribution in [1.82, 2.24) is 19.5 Å². The fourth-order valence-corrected chi connectivity index (χ4v) is 3.81. The van der Waals surface area contributed by atoms with Gasteiger partial charge in [0.15, 0.2) is 0 Å². The number of aromatic nitrogens is 4. The molecular weight excluding hydrogens is 378 g/mol. The Kier molecular flexibility index (Phi) is 5.56. The number of piperazine rings is 1. The van der Waals surface area contributed by atoms with E-state index in [1.165, 1.54) is 18.1 Å². The molecular formula is C22H25N7O. The van der Waals surface area contributed by atoms with Crippen LogP contribution in [0.3, 0.4) is 0 Å². The summed E-state index contributed by atoms with van der Waals surface area (Å²) in [5.41, 5.74) is 3.39. The Balaban J connectivity index is 1.57. The van der Waals surface area contributed by atoms with Gasteiger partial charge in [0.05, 0.1) is 11.4 Å². The van der Waals surface area contributed by atoms with Gasteiger partial charge in [-0.15, -0.1) is 0 Å². The molecule has 0 bridgehead atoms. The number of aliphatic imine (C=N–C) groups is 1. The van der Waals surface area contributed by atoms with Crippen molar-refractivity contribution in [3.8, 4) is 11.4 Å². The topological polar surface area (TPSA) is 79.5 Å². The third-order valence-corrected chi connectivity index (χ3v) is 5.37. The minimum atomic E-state index is -0.100. The van der Waals surface area contributed by atoms with E-state index in [4.69, 9.17) is 4.98 Å². The van der Waals surface area contributed by atoms with Gasteiger partial charge in [-0.25, -0.2) is 15.0 Å². The van der Waals surface area contributed by atoms with Crippen LogP contribution in [0.15, 0.2) is 58.7 Å². The predicted molar refractivity (Wildman–Crippen MR) is 119 cm³/mol. The van der Waals surface area contributed by atoms with Crippen molar-refractivity contribution in [1.29, 1.82) is 0 Å². The van der Waals surface area contributed by atoms with Gasteiger partial charge < -0.3 is 9.80 Å². The summed E-state index contributed by atoms with van der Waals surface area (Å²) in [5, 5.41) is 0. The third-order valence-electron chi connectivity index (χ3n) is 5.37. The van der Waals surface area contributed by atoms with Gasteiger partial charge in [-0.2, -0.15) is 0 Å². The highest BCUT2D eigenvalue weighted by Gasteiger charge is 2.26. The Morgan fingerprint density at radius 1 is 1.13 bits per heavy atom. The average Bonchev–Trinajstić information content (AvgIpc) is 2.77. The molecule has 1 fully saturated rings. The highest BCUT2D eigenvalue weighted by atomic mass is 16.1. The summed E-state index contributed by atoms with van der Waals surface area (Å²) >= 11 is 0. The number of rotatable bonds is 4. The van der Waals surface area contributed by atoms with Crippen molar-refractivity contribution in [2.24, 2.45) is 12.0 Å². The van der Waals surface area contributed by atoms with Gasteiger partial charge in [-0.1, -0.05) is 12.1 Å². The van der Waals surface area contributed by atoms with Crippen LogP contribution >= 0.6 is 0 Å². The summed E-state index contributed by atoms with van der Waals surface area (Å²) in [4.78, 5) is 34.1. The number of benzene rings is 1. The van der Waals surface area contributed by atoms with Crippen molar-refractivity contribution in [3.05, 3.63) is 64.8 Å². The molecule has 0 aliphatic carbocycles. The van der Waals surface area contributed by atoms with Crippen LogP contribution in [0.5, 0.6) is 0 Å². The van der Waals surface area contributed by atoms with Crippen molar-refractivity contribution < 1.29 is 0 Å². The maximum absolute atomic E-state index is 12.6. The molecule has 30 heavy (non-hydrogen) atoms. The first-order valence-electron chi connectivity index (χ1n) is 9.95. The largest absolute Gasteiger partial charge is 0.365 e. The first kappa shape index (κ1) is 19.8. The van der Waals surface area contributed by atoms with Crippen molar-refractivity contribution in [3.63, 3.8) is 0 Å². The monoisotopic (exact) mass is 403 g/mol. The molecule has 3 aromatic rings. The molecule has 3 heterocycles. The lowest BCUT2D eigenvalue weighted by molar-refractivity contribution is 0.535. The van der Waals surface area contributed by atoms with E-state index in [0.29, 0.717) is 17.3 Å². The molecule has 0 unspecified atom stereocenters. The molecule has 1 atom stereocenters. The first-order chi connectivity index (χ1) is 14.6. The minimum absolute atomic E-state index is 0.100. The fraction of sp³-hybridized carbons (Fsp3) is 0.318. The number of nitrogens with zero attached hydrogens (tertiary/aromatic N) is 7. The lowest BCUT2D eigenvalue weighted by Crippen LogP contribution is -2.53. The van der Waals surface area contributed by atoms with E-state index in [1.54, 1.807) is 30.9 Å². The molecule has 1 aromatic carbocycles. The molecule has 0 N–H and O–H groups in total. The third kappa shape index (κ3) is 3.94. The lowest BCUT2D eigenvalue weighted by atomic mass is 10.1. The van der Waals surface area contributed by atoms with Crippen LogP contribution in [-0.4, -0.2) is 58.5 Å². The number of anilines is 2. The van der Waals surface area contributed by atoms with Gasteiger partial charge in [0, 0.05) is 63.9 Å². The summed E-state index contributed by atoms with van der Waals surface area (Å²) in [7, 11) is 3.54. The normalized spacial score (nSPS) is 17.0. The summed E-state index contributed by atoms with van der Waals surface area (Å²) in [6.45, 7) is 4.58. The maximum atomic E-state index is 12.6. The van der Waals surface area contributed by atoms with Crippen LogP contribution in [0.25, 0.3) is 11.4 Å². The Labute approximate surface area is 175 Å². The van der Waals surface area contributed by atoms with Gasteiger partial charge in [0.25, 0.3) is 5.56 Å². The summed E-state index contributed by atoms with van der Waals surface area (Å²) in [6, 6.07) is 12.0. The number of hydrogen-bond donors (Lipinski definition) is 0. The highest BCUT2D eigenvalue weighted by Crippen LogP contribution is 2.24. The van der Waals surface area contributed by atoms with Crippen LogP contribution in [0.4, 0.5) is 11.6 Å². The molecule has 4 rings (SSSR count). The van der Waals surface area contributed by atoms with E-state index in [-0.39, 0.29) is 11.6 Å². The van der Waals surface area contributed by atoms with Crippen molar-refractivity contribution >= 4 is 17.9 Å². The van der Waals surface area contributed by atoms with Crippen molar-refractivity contribution in [2.45, 2.75) is 13.0 Å². The Bertz CT molecular complexity index is 1090. The molecule has 1 saturated heterocycles. The van der Waals surface area contributed by atoms with Gasteiger partial charge in [-0.05, 0) is 30.7 Å². The SMILES string of the molecule is CN=Cc1ccc(N2CCN(c3nc(-c4ccncn4)cc(=O)n3C)C[C@@H]2C)cc1. The summed E-state index contributed by atoms with van der Waals surface area (Å²) < 4.78 is 1.60. The van der Waals surface area contributed by atoms with E-state index in [2.05, 4.69) is 55.9 Å². The van der Waals surface area contributed by atoms with Crippen LogP contribution < -0.4 is 15.4 Å². The van der Waals surface area contributed by atoms with E-state index >= 15 is 0 Å². The van der Waals surface area contributed by atoms with Crippen LogP contribution in [0.1, 0.15) is 12.5 Å². The average molecular weight is 403 g/mol. The van der Waals surface area contributed by atoms with Crippen LogP contribution in [-0.2, 0) is 7.05 Å². The van der Waals surface area contributed by atoms with Crippen molar-refractivity contribution in [2.75, 3.05) is 36.5 Å². The second-order valence-electron chi connectivity index (χ2n) is 7.40. The Hall–Kier alpha value is -3.55. The molecule has 154 valence electrons. The van der Waals surface area contributed by atoms with Crippen LogP contribution in [0.2, 0.25) is 0 Å². The zero-order valence-electron chi connectivity index (χ0n) is 17.4. The zero-order chi connectivity index (χ0) is 21.1. The summed E-state index contributed by atoms with van der Waals surface area (Å²) in [6.07, 6.45) is 4.97. The van der Waals surface area contributed by atoms with Gasteiger partial charge in [0.1, 0.15) is 6.33 Å². The van der Waals surface area contributed by atoms with Gasteiger partial charge >= 0.3 is 0 Å². The molecule has 0 amide bonds. The van der Waals surface area contributed by atoms with E-state index in [9.17, 15) is 4.79 Å². The molecule has 1 aliphatic rings. The van der Waals surface area contributed by atoms with E-state index in [1.807, 2.05) is 6.21 Å². The smallest absolute Gasteiger partial charge is 0.255 e. The first-order valence-corrected chi connectivity index (χ1v) is 9.95. The zero-order valence-corrected chi connectivity index (χ0v) is 17.4. The second-order valence-corrected chi connectivity index (χ2v) is 7.40. The molecule has 0 spiro atoms. The molecule has 8 heteroatoms. The second kappa shape index (κ2) is 8.44. The van der Waals surface area contributed by atoms with E-state index < -0.39 is 0 Å². The number of hydrogen-bond acceptors (Lipinski definition) is 7.